The fourth-order valence-corrected chi connectivity index (χ4v) is 2.29. The second kappa shape index (κ2) is 5.90. The number of aliphatic hydroxyl groups excluding tert-OH is 1. The summed E-state index contributed by atoms with van der Waals surface area (Å²) >= 11 is 0. The van der Waals surface area contributed by atoms with Gasteiger partial charge in [-0.3, -0.25) is 0 Å². The minimum Gasteiger partial charge on any atom is -0.490 e. The SMILES string of the molecule is OCc1ccccc1OC1CCCCCC1. The number of hydrogen-bond acceptors (Lipinski definition) is 2. The lowest BCUT2D eigenvalue weighted by molar-refractivity contribution is 0.176. The van der Waals surface area contributed by atoms with Gasteiger partial charge in [0.15, 0.2) is 0 Å². The molecule has 2 heteroatoms. The van der Waals surface area contributed by atoms with Gasteiger partial charge < -0.3 is 9.84 Å². The third kappa shape index (κ3) is 2.99. The molecule has 0 heterocycles. The summed E-state index contributed by atoms with van der Waals surface area (Å²) in [6.45, 7) is 0.0584. The van der Waals surface area contributed by atoms with E-state index in [0.717, 1.165) is 24.2 Å². The molecule has 1 aliphatic rings. The topological polar surface area (TPSA) is 29.5 Å². The zero-order valence-corrected chi connectivity index (χ0v) is 9.69. The number of hydrogen-bond donors (Lipinski definition) is 1. The maximum absolute atomic E-state index is 9.22. The van der Waals surface area contributed by atoms with Gasteiger partial charge in [0.2, 0.25) is 0 Å². The van der Waals surface area contributed by atoms with E-state index < -0.39 is 0 Å². The maximum Gasteiger partial charge on any atom is 0.125 e. The summed E-state index contributed by atoms with van der Waals surface area (Å²) in [6, 6.07) is 7.78. The van der Waals surface area contributed by atoms with Crippen molar-refractivity contribution in [3.8, 4) is 5.75 Å². The van der Waals surface area contributed by atoms with Gasteiger partial charge in [0.05, 0.1) is 12.7 Å². The molecule has 2 rings (SSSR count). The molecule has 16 heavy (non-hydrogen) atoms. The Hall–Kier alpha value is -1.02. The zero-order chi connectivity index (χ0) is 11.2. The minimum absolute atomic E-state index is 0.0584. The van der Waals surface area contributed by atoms with E-state index in [2.05, 4.69) is 0 Å². The third-order valence-corrected chi connectivity index (χ3v) is 3.24. The van der Waals surface area contributed by atoms with Crippen molar-refractivity contribution >= 4 is 0 Å². The lowest BCUT2D eigenvalue weighted by Crippen LogP contribution is -2.16. The van der Waals surface area contributed by atoms with Crippen molar-refractivity contribution in [1.29, 1.82) is 0 Å². The molecule has 1 N–H and O–H groups in total. The van der Waals surface area contributed by atoms with Crippen LogP contribution >= 0.6 is 0 Å². The highest BCUT2D eigenvalue weighted by Gasteiger charge is 2.14. The molecule has 0 atom stereocenters. The summed E-state index contributed by atoms with van der Waals surface area (Å²) in [5.41, 5.74) is 0.895. The van der Waals surface area contributed by atoms with Crippen molar-refractivity contribution < 1.29 is 9.84 Å². The van der Waals surface area contributed by atoms with E-state index >= 15 is 0 Å². The van der Waals surface area contributed by atoms with Crippen LogP contribution in [0.4, 0.5) is 0 Å². The van der Waals surface area contributed by atoms with E-state index in [0.29, 0.717) is 6.10 Å². The van der Waals surface area contributed by atoms with Crippen LogP contribution in [0.5, 0.6) is 5.75 Å². The Kier molecular flexibility index (Phi) is 4.23. The Morgan fingerprint density at radius 2 is 1.75 bits per heavy atom. The van der Waals surface area contributed by atoms with E-state index in [1.54, 1.807) is 0 Å². The highest BCUT2D eigenvalue weighted by atomic mass is 16.5. The first-order valence-corrected chi connectivity index (χ1v) is 6.25. The van der Waals surface area contributed by atoms with Crippen LogP contribution in [0.2, 0.25) is 0 Å². The Balaban J connectivity index is 2.01. The largest absolute Gasteiger partial charge is 0.490 e. The summed E-state index contributed by atoms with van der Waals surface area (Å²) in [5.74, 6) is 0.858. The highest BCUT2D eigenvalue weighted by molar-refractivity contribution is 5.32. The molecule has 1 fully saturated rings. The molecule has 0 bridgehead atoms. The van der Waals surface area contributed by atoms with Crippen LogP contribution in [-0.4, -0.2) is 11.2 Å². The fourth-order valence-electron chi connectivity index (χ4n) is 2.29. The average Bonchev–Trinajstić information content (AvgIpc) is 2.58. The second-order valence-electron chi connectivity index (χ2n) is 4.50. The van der Waals surface area contributed by atoms with Gasteiger partial charge in [-0.1, -0.05) is 31.0 Å². The van der Waals surface area contributed by atoms with Gasteiger partial charge in [0.1, 0.15) is 5.75 Å². The molecule has 1 aromatic rings. The Morgan fingerprint density at radius 1 is 1.06 bits per heavy atom. The van der Waals surface area contributed by atoms with Crippen LogP contribution in [0.15, 0.2) is 24.3 Å². The lowest BCUT2D eigenvalue weighted by Gasteiger charge is -2.18. The quantitative estimate of drug-likeness (QED) is 0.792. The van der Waals surface area contributed by atoms with Gasteiger partial charge in [-0.15, -0.1) is 0 Å². The number of ether oxygens (including phenoxy) is 1. The van der Waals surface area contributed by atoms with Crippen LogP contribution < -0.4 is 4.74 Å². The summed E-state index contributed by atoms with van der Waals surface area (Å²) in [7, 11) is 0. The van der Waals surface area contributed by atoms with Gasteiger partial charge in [-0.25, -0.2) is 0 Å². The molecule has 0 aliphatic heterocycles. The predicted octanol–water partition coefficient (Wildman–Crippen LogP) is 3.28. The van der Waals surface area contributed by atoms with E-state index in [9.17, 15) is 5.11 Å². The van der Waals surface area contributed by atoms with Gasteiger partial charge in [0, 0.05) is 5.56 Å². The monoisotopic (exact) mass is 220 g/mol. The number of rotatable bonds is 3. The molecule has 0 unspecified atom stereocenters. The van der Waals surface area contributed by atoms with Crippen LogP contribution in [-0.2, 0) is 6.61 Å². The van der Waals surface area contributed by atoms with Crippen LogP contribution in [0, 0.1) is 0 Å². The lowest BCUT2D eigenvalue weighted by atomic mass is 10.1. The van der Waals surface area contributed by atoms with Crippen molar-refractivity contribution in [3.05, 3.63) is 29.8 Å². The van der Waals surface area contributed by atoms with Gasteiger partial charge in [-0.2, -0.15) is 0 Å². The van der Waals surface area contributed by atoms with E-state index in [1.165, 1.54) is 25.7 Å². The number of aliphatic hydroxyl groups is 1. The van der Waals surface area contributed by atoms with E-state index in [1.807, 2.05) is 24.3 Å². The molecule has 0 aromatic heterocycles. The first kappa shape index (κ1) is 11.5. The van der Waals surface area contributed by atoms with Crippen molar-refractivity contribution in [2.45, 2.75) is 51.2 Å². The van der Waals surface area contributed by atoms with Crippen molar-refractivity contribution in [2.24, 2.45) is 0 Å². The molecule has 0 spiro atoms. The molecular weight excluding hydrogens is 200 g/mol. The van der Waals surface area contributed by atoms with Crippen molar-refractivity contribution in [1.82, 2.24) is 0 Å². The van der Waals surface area contributed by atoms with Gasteiger partial charge in [-0.05, 0) is 31.7 Å². The number of para-hydroxylation sites is 1. The molecular formula is C14H20O2. The Morgan fingerprint density at radius 3 is 2.44 bits per heavy atom. The third-order valence-electron chi connectivity index (χ3n) is 3.24. The van der Waals surface area contributed by atoms with Crippen molar-refractivity contribution in [2.75, 3.05) is 0 Å². The van der Waals surface area contributed by atoms with Gasteiger partial charge in [0.25, 0.3) is 0 Å². The molecule has 1 aliphatic carbocycles. The number of benzene rings is 1. The van der Waals surface area contributed by atoms with Crippen molar-refractivity contribution in [3.63, 3.8) is 0 Å². The van der Waals surface area contributed by atoms with E-state index in [-0.39, 0.29) is 6.61 Å². The summed E-state index contributed by atoms with van der Waals surface area (Å²) in [5, 5.41) is 9.22. The fraction of sp³-hybridized carbons (Fsp3) is 0.571. The molecule has 0 amide bonds. The molecule has 0 saturated heterocycles. The summed E-state index contributed by atoms with van der Waals surface area (Å²) < 4.78 is 6.00. The van der Waals surface area contributed by atoms with E-state index in [4.69, 9.17) is 4.74 Å². The highest BCUT2D eigenvalue weighted by Crippen LogP contribution is 2.25. The maximum atomic E-state index is 9.22. The normalized spacial score (nSPS) is 18.1. The molecule has 1 aromatic carbocycles. The average molecular weight is 220 g/mol. The molecule has 1 saturated carbocycles. The second-order valence-corrected chi connectivity index (χ2v) is 4.50. The standard InChI is InChI=1S/C14H20O2/c15-11-12-7-5-6-10-14(12)16-13-8-3-1-2-4-9-13/h5-7,10,13,15H,1-4,8-9,11H2. The molecule has 2 nitrogen and oxygen atoms in total. The summed E-state index contributed by atoms with van der Waals surface area (Å²) in [6.07, 6.45) is 7.86. The summed E-state index contributed by atoms with van der Waals surface area (Å²) in [4.78, 5) is 0. The van der Waals surface area contributed by atoms with Crippen LogP contribution in [0.1, 0.15) is 44.1 Å². The van der Waals surface area contributed by atoms with Crippen LogP contribution in [0.3, 0.4) is 0 Å². The minimum atomic E-state index is 0.0584. The van der Waals surface area contributed by atoms with Crippen LogP contribution in [0.25, 0.3) is 0 Å². The Labute approximate surface area is 97.3 Å². The zero-order valence-electron chi connectivity index (χ0n) is 9.69. The first-order chi connectivity index (χ1) is 7.90. The predicted molar refractivity (Wildman–Crippen MR) is 64.5 cm³/mol. The molecule has 88 valence electrons. The molecule has 0 radical (unpaired) electrons. The van der Waals surface area contributed by atoms with Gasteiger partial charge >= 0.3 is 0 Å². The smallest absolute Gasteiger partial charge is 0.125 e. The first-order valence-electron chi connectivity index (χ1n) is 6.25. The Bertz CT molecular complexity index is 314.